The number of esters is 1. The number of nitrogens with zero attached hydrogens (tertiary/aromatic N) is 1. The van der Waals surface area contributed by atoms with E-state index in [1.165, 1.54) is 0 Å². The zero-order chi connectivity index (χ0) is 16.6. The van der Waals surface area contributed by atoms with Crippen molar-refractivity contribution in [2.24, 2.45) is 5.92 Å². The van der Waals surface area contributed by atoms with Crippen molar-refractivity contribution >= 4 is 38.6 Å². The fourth-order valence-corrected chi connectivity index (χ4v) is 2.99. The molecule has 9 heteroatoms. The molecule has 0 radical (unpaired) electrons. The number of benzene rings is 1. The number of hydrogen-bond donors (Lipinski definition) is 1. The number of carbonyl (C=O) groups is 2. The molecule has 0 aliphatic heterocycles. The Morgan fingerprint density at radius 1 is 1.30 bits per heavy atom. The summed E-state index contributed by atoms with van der Waals surface area (Å²) in [7, 11) is 0. The molecular weight excluding hydrogens is 333 g/mol. The molecule has 1 aromatic carbocycles. The summed E-state index contributed by atoms with van der Waals surface area (Å²) in [6, 6.07) is 0.803. The van der Waals surface area contributed by atoms with Crippen molar-refractivity contribution in [3.63, 3.8) is 0 Å². The molecule has 1 aliphatic carbocycles. The number of nitrogens with one attached hydrogen (secondary N) is 1. The van der Waals surface area contributed by atoms with Gasteiger partial charge in [0.25, 0.3) is 5.91 Å². The third kappa shape index (κ3) is 3.14. The lowest BCUT2D eigenvalue weighted by Gasteiger charge is -2.22. The monoisotopic (exact) mass is 344 g/mol. The van der Waals surface area contributed by atoms with E-state index >= 15 is 0 Å². The molecule has 1 aliphatic rings. The molecular formula is C14H11F3N2O3S. The van der Waals surface area contributed by atoms with Crippen LogP contribution in [0.4, 0.5) is 18.3 Å². The second-order valence-electron chi connectivity index (χ2n) is 5.14. The van der Waals surface area contributed by atoms with E-state index in [1.54, 1.807) is 0 Å². The van der Waals surface area contributed by atoms with Crippen molar-refractivity contribution in [2.75, 3.05) is 11.9 Å². The van der Waals surface area contributed by atoms with E-state index in [4.69, 9.17) is 4.74 Å². The van der Waals surface area contributed by atoms with Gasteiger partial charge in [-0.3, -0.25) is 14.9 Å². The van der Waals surface area contributed by atoms with Gasteiger partial charge in [0.1, 0.15) is 5.52 Å². The molecule has 1 fully saturated rings. The molecule has 23 heavy (non-hydrogen) atoms. The first-order chi connectivity index (χ1) is 11.0. The van der Waals surface area contributed by atoms with Crippen LogP contribution in [0.25, 0.3) is 10.2 Å². The van der Waals surface area contributed by atoms with Gasteiger partial charge >= 0.3 is 5.97 Å². The molecule has 0 atom stereocenters. The Morgan fingerprint density at radius 3 is 2.70 bits per heavy atom. The highest BCUT2D eigenvalue weighted by atomic mass is 32.1. The van der Waals surface area contributed by atoms with Gasteiger partial charge in [-0.25, -0.2) is 18.2 Å². The lowest BCUT2D eigenvalue weighted by Crippen LogP contribution is -2.28. The van der Waals surface area contributed by atoms with E-state index in [9.17, 15) is 22.8 Å². The van der Waals surface area contributed by atoms with E-state index in [0.29, 0.717) is 0 Å². The van der Waals surface area contributed by atoms with Gasteiger partial charge < -0.3 is 4.74 Å². The van der Waals surface area contributed by atoms with Crippen molar-refractivity contribution in [2.45, 2.75) is 19.3 Å². The molecule has 0 unspecified atom stereocenters. The number of fused-ring (bicyclic) bond motifs is 1. The highest BCUT2D eigenvalue weighted by Gasteiger charge is 2.27. The largest absolute Gasteiger partial charge is 0.455 e. The Morgan fingerprint density at radius 2 is 2.04 bits per heavy atom. The fraction of sp³-hybridized carbons (Fsp3) is 0.357. The number of rotatable bonds is 4. The molecule has 2 aromatic rings. The molecule has 0 saturated heterocycles. The molecule has 0 bridgehead atoms. The number of carbonyl (C=O) groups excluding carboxylic acids is 2. The van der Waals surface area contributed by atoms with E-state index in [1.807, 2.05) is 0 Å². The summed E-state index contributed by atoms with van der Waals surface area (Å²) in [4.78, 5) is 26.9. The number of ether oxygens (including phenoxy) is 1. The molecule has 1 saturated carbocycles. The third-order valence-electron chi connectivity index (χ3n) is 3.55. The fourth-order valence-electron chi connectivity index (χ4n) is 2.08. The van der Waals surface area contributed by atoms with Gasteiger partial charge in [0.05, 0.1) is 10.6 Å². The normalized spacial score (nSPS) is 14.6. The van der Waals surface area contributed by atoms with Crippen molar-refractivity contribution < 1.29 is 27.5 Å². The predicted molar refractivity (Wildman–Crippen MR) is 76.4 cm³/mol. The summed E-state index contributed by atoms with van der Waals surface area (Å²) in [5.74, 6) is -5.58. The topological polar surface area (TPSA) is 68.3 Å². The Bertz CT molecular complexity index is 789. The summed E-state index contributed by atoms with van der Waals surface area (Å²) < 4.78 is 44.7. The van der Waals surface area contributed by atoms with Crippen LogP contribution in [0.15, 0.2) is 6.07 Å². The Labute approximate surface area is 132 Å². The van der Waals surface area contributed by atoms with Gasteiger partial charge in [-0.15, -0.1) is 0 Å². The minimum Gasteiger partial charge on any atom is -0.455 e. The lowest BCUT2D eigenvalue weighted by molar-refractivity contribution is -0.154. The van der Waals surface area contributed by atoms with Crippen LogP contribution in [0, 0.1) is 23.4 Å². The zero-order valence-corrected chi connectivity index (χ0v) is 12.5. The number of thiazole rings is 1. The number of anilines is 1. The second kappa shape index (κ2) is 6.15. The van der Waals surface area contributed by atoms with Gasteiger partial charge in [-0.05, 0) is 18.9 Å². The first kappa shape index (κ1) is 15.7. The lowest BCUT2D eigenvalue weighted by atomic mass is 9.86. The standard InChI is InChI=1S/C14H11F3N2O3S/c15-7-4-8-12(11(17)10(7)16)19-14(23-8)18-9(20)5-22-13(21)6-2-1-3-6/h4,6H,1-3,5H2,(H,18,19,20). The molecule has 5 nitrogen and oxygen atoms in total. The zero-order valence-electron chi connectivity index (χ0n) is 11.7. The number of hydrogen-bond acceptors (Lipinski definition) is 5. The Balaban J connectivity index is 1.65. The third-order valence-corrected chi connectivity index (χ3v) is 4.47. The highest BCUT2D eigenvalue weighted by molar-refractivity contribution is 7.22. The Kier molecular flexibility index (Phi) is 4.20. The highest BCUT2D eigenvalue weighted by Crippen LogP contribution is 2.30. The summed E-state index contributed by atoms with van der Waals surface area (Å²) >= 11 is 0.789. The van der Waals surface area contributed by atoms with E-state index in [2.05, 4.69) is 10.3 Å². The SMILES string of the molecule is O=C(COC(=O)C1CCC1)Nc1nc2c(F)c(F)c(F)cc2s1. The Hall–Kier alpha value is -2.16. The van der Waals surface area contributed by atoms with Crippen molar-refractivity contribution in [1.29, 1.82) is 0 Å². The summed E-state index contributed by atoms with van der Waals surface area (Å²) in [5.41, 5.74) is -0.365. The van der Waals surface area contributed by atoms with Crippen LogP contribution >= 0.6 is 11.3 Å². The van der Waals surface area contributed by atoms with E-state index in [-0.39, 0.29) is 21.3 Å². The molecule has 1 N–H and O–H groups in total. The van der Waals surface area contributed by atoms with Crippen LogP contribution in [0.3, 0.4) is 0 Å². The first-order valence-corrected chi connectivity index (χ1v) is 7.68. The van der Waals surface area contributed by atoms with Crippen LogP contribution in [0.5, 0.6) is 0 Å². The molecule has 1 heterocycles. The quantitative estimate of drug-likeness (QED) is 0.684. The minimum absolute atomic E-state index is 0.0337. The minimum atomic E-state index is -1.62. The molecule has 122 valence electrons. The first-order valence-electron chi connectivity index (χ1n) is 6.86. The maximum absolute atomic E-state index is 13.5. The number of aromatic nitrogens is 1. The smallest absolute Gasteiger partial charge is 0.309 e. The van der Waals surface area contributed by atoms with E-state index < -0.39 is 35.9 Å². The van der Waals surface area contributed by atoms with Gasteiger partial charge in [0.2, 0.25) is 0 Å². The van der Waals surface area contributed by atoms with Crippen LogP contribution in [0.2, 0.25) is 0 Å². The van der Waals surface area contributed by atoms with Crippen LogP contribution in [0.1, 0.15) is 19.3 Å². The average Bonchev–Trinajstić information content (AvgIpc) is 2.83. The predicted octanol–water partition coefficient (Wildman–Crippen LogP) is 3.00. The van der Waals surface area contributed by atoms with Gasteiger partial charge in [0, 0.05) is 0 Å². The van der Waals surface area contributed by atoms with Crippen molar-refractivity contribution in [3.8, 4) is 0 Å². The number of halogens is 3. The summed E-state index contributed by atoms with van der Waals surface area (Å²) in [6.45, 7) is -0.490. The molecule has 1 amide bonds. The van der Waals surface area contributed by atoms with Gasteiger partial charge in [-0.1, -0.05) is 17.8 Å². The van der Waals surface area contributed by atoms with Crippen LogP contribution in [-0.4, -0.2) is 23.5 Å². The molecule has 0 spiro atoms. The van der Waals surface area contributed by atoms with E-state index in [0.717, 1.165) is 36.7 Å². The number of amides is 1. The van der Waals surface area contributed by atoms with Crippen molar-refractivity contribution in [3.05, 3.63) is 23.5 Å². The molecule has 1 aromatic heterocycles. The maximum atomic E-state index is 13.5. The van der Waals surface area contributed by atoms with Gasteiger partial charge in [-0.2, -0.15) is 0 Å². The average molecular weight is 344 g/mol. The van der Waals surface area contributed by atoms with Gasteiger partial charge in [0.15, 0.2) is 29.2 Å². The second-order valence-corrected chi connectivity index (χ2v) is 6.17. The van der Waals surface area contributed by atoms with Crippen LogP contribution < -0.4 is 5.32 Å². The maximum Gasteiger partial charge on any atom is 0.309 e. The molecule has 3 rings (SSSR count). The summed E-state index contributed by atoms with van der Waals surface area (Å²) in [6.07, 6.45) is 2.49. The van der Waals surface area contributed by atoms with Crippen LogP contribution in [-0.2, 0) is 14.3 Å². The van der Waals surface area contributed by atoms with Crippen molar-refractivity contribution in [1.82, 2.24) is 4.98 Å². The summed E-state index contributed by atoms with van der Waals surface area (Å²) in [5, 5.41) is 2.27.